The van der Waals surface area contributed by atoms with Crippen molar-refractivity contribution in [2.24, 2.45) is 0 Å². The van der Waals surface area contributed by atoms with Crippen molar-refractivity contribution in [3.05, 3.63) is 88.6 Å². The Balaban J connectivity index is 1.36. The number of ether oxygens (including phenoxy) is 1. The Kier molecular flexibility index (Phi) is 6.67. The molecular weight excluding hydrogens is 395 g/mol. The molecular formula is C25H27FN2O3. The summed E-state index contributed by atoms with van der Waals surface area (Å²) in [7, 11) is 0. The molecule has 0 fully saturated rings. The summed E-state index contributed by atoms with van der Waals surface area (Å²) in [5, 5.41) is 2.80. The van der Waals surface area contributed by atoms with Crippen molar-refractivity contribution in [2.75, 3.05) is 19.7 Å². The Morgan fingerprint density at radius 2 is 2.03 bits per heavy atom. The molecule has 0 aliphatic carbocycles. The van der Waals surface area contributed by atoms with Gasteiger partial charge in [-0.25, -0.2) is 4.39 Å². The van der Waals surface area contributed by atoms with Gasteiger partial charge in [-0.15, -0.1) is 0 Å². The molecule has 0 radical (unpaired) electrons. The van der Waals surface area contributed by atoms with E-state index in [1.807, 2.05) is 31.2 Å². The summed E-state index contributed by atoms with van der Waals surface area (Å²) in [6, 6.07) is 15.9. The first-order chi connectivity index (χ1) is 15.1. The third-order valence-corrected chi connectivity index (χ3v) is 5.47. The Morgan fingerprint density at radius 1 is 1.16 bits per heavy atom. The lowest BCUT2D eigenvalue weighted by molar-refractivity contribution is 0.0950. The fraction of sp³-hybridized carbons (Fsp3) is 0.320. The van der Waals surface area contributed by atoms with Gasteiger partial charge in [-0.05, 0) is 56.3 Å². The summed E-state index contributed by atoms with van der Waals surface area (Å²) in [5.74, 6) is 2.22. The Labute approximate surface area is 181 Å². The number of fused-ring (bicyclic) bond motifs is 1. The van der Waals surface area contributed by atoms with Crippen molar-refractivity contribution < 1.29 is 18.3 Å². The highest BCUT2D eigenvalue weighted by molar-refractivity contribution is 5.94. The Bertz CT molecular complexity index is 1050. The summed E-state index contributed by atoms with van der Waals surface area (Å²) in [6.45, 7) is 5.20. The number of carbonyl (C=O) groups is 1. The van der Waals surface area contributed by atoms with Crippen molar-refractivity contribution in [3.63, 3.8) is 0 Å². The molecule has 1 N–H and O–H groups in total. The van der Waals surface area contributed by atoms with E-state index >= 15 is 0 Å². The molecule has 0 bridgehead atoms. The smallest absolute Gasteiger partial charge is 0.251 e. The van der Waals surface area contributed by atoms with Gasteiger partial charge in [0.25, 0.3) is 5.91 Å². The van der Waals surface area contributed by atoms with Crippen LogP contribution in [0.3, 0.4) is 0 Å². The van der Waals surface area contributed by atoms with Crippen molar-refractivity contribution in [2.45, 2.75) is 32.9 Å². The molecule has 1 aliphatic rings. The molecule has 4 rings (SSSR count). The van der Waals surface area contributed by atoms with Crippen LogP contribution >= 0.6 is 0 Å². The lowest BCUT2D eigenvalue weighted by Gasteiger charge is -2.19. The maximum atomic E-state index is 13.8. The summed E-state index contributed by atoms with van der Waals surface area (Å²) in [6.07, 6.45) is 1.89. The fourth-order valence-corrected chi connectivity index (χ4v) is 3.80. The van der Waals surface area contributed by atoms with Gasteiger partial charge in [-0.1, -0.05) is 18.2 Å². The molecule has 6 heteroatoms. The van der Waals surface area contributed by atoms with Gasteiger partial charge in [0.1, 0.15) is 29.7 Å². The van der Waals surface area contributed by atoms with Gasteiger partial charge in [0.05, 0.1) is 0 Å². The van der Waals surface area contributed by atoms with E-state index in [9.17, 15) is 9.18 Å². The second-order valence-electron chi connectivity index (χ2n) is 7.84. The van der Waals surface area contributed by atoms with Crippen LogP contribution in [0.15, 0.2) is 59.0 Å². The van der Waals surface area contributed by atoms with Crippen molar-refractivity contribution in [1.29, 1.82) is 0 Å². The number of nitrogens with zero attached hydrogens (tertiary/aromatic N) is 1. The molecule has 0 spiro atoms. The topological polar surface area (TPSA) is 54.7 Å². The number of furan rings is 1. The van der Waals surface area contributed by atoms with E-state index in [0.29, 0.717) is 17.7 Å². The van der Waals surface area contributed by atoms with E-state index < -0.39 is 0 Å². The second kappa shape index (κ2) is 9.79. The lowest BCUT2D eigenvalue weighted by Crippen LogP contribution is -2.27. The van der Waals surface area contributed by atoms with E-state index in [1.165, 1.54) is 6.07 Å². The van der Waals surface area contributed by atoms with E-state index in [-0.39, 0.29) is 18.3 Å². The number of hydrogen-bond donors (Lipinski definition) is 1. The molecule has 1 aromatic heterocycles. The van der Waals surface area contributed by atoms with Crippen LogP contribution in [-0.2, 0) is 19.5 Å². The van der Waals surface area contributed by atoms with Gasteiger partial charge in [0, 0.05) is 42.7 Å². The van der Waals surface area contributed by atoms with Crippen LogP contribution in [-0.4, -0.2) is 30.5 Å². The van der Waals surface area contributed by atoms with E-state index in [4.69, 9.17) is 9.15 Å². The van der Waals surface area contributed by atoms with Crippen molar-refractivity contribution >= 4 is 5.91 Å². The highest BCUT2D eigenvalue weighted by atomic mass is 19.1. The van der Waals surface area contributed by atoms with E-state index in [1.54, 1.807) is 24.3 Å². The summed E-state index contributed by atoms with van der Waals surface area (Å²) in [5.41, 5.74) is 2.00. The van der Waals surface area contributed by atoms with Gasteiger partial charge < -0.3 is 14.5 Å². The first-order valence-corrected chi connectivity index (χ1v) is 10.6. The molecule has 3 aromatic rings. The first kappa shape index (κ1) is 21.1. The highest BCUT2D eigenvalue weighted by Crippen LogP contribution is 2.25. The van der Waals surface area contributed by atoms with Gasteiger partial charge >= 0.3 is 0 Å². The predicted octanol–water partition coefficient (Wildman–Crippen LogP) is 4.48. The molecule has 0 atom stereocenters. The minimum atomic E-state index is -0.321. The standard InChI is InChI=1S/C25H27FN2O3/c1-18-8-10-22(31-18)6-4-12-28-13-14-30-24-11-9-19(15-21(24)17-28)25(29)27-16-20-5-2-3-7-23(20)26/h2-3,5,7-11,15H,4,6,12-14,16-17H2,1H3,(H,27,29). The van der Waals surface area contributed by atoms with Crippen LogP contribution in [0, 0.1) is 12.7 Å². The average Bonchev–Trinajstić information content (AvgIpc) is 3.07. The zero-order valence-electron chi connectivity index (χ0n) is 17.7. The molecule has 1 aliphatic heterocycles. The molecule has 0 saturated carbocycles. The maximum Gasteiger partial charge on any atom is 0.251 e. The summed E-state index contributed by atoms with van der Waals surface area (Å²) >= 11 is 0. The number of amides is 1. The van der Waals surface area contributed by atoms with Crippen molar-refractivity contribution in [3.8, 4) is 5.75 Å². The zero-order chi connectivity index (χ0) is 21.6. The quantitative estimate of drug-likeness (QED) is 0.610. The number of halogens is 1. The number of rotatable bonds is 7. The number of nitrogens with one attached hydrogen (secondary N) is 1. The number of aryl methyl sites for hydroxylation is 2. The predicted molar refractivity (Wildman–Crippen MR) is 117 cm³/mol. The Morgan fingerprint density at radius 3 is 2.84 bits per heavy atom. The van der Waals surface area contributed by atoms with Crippen LogP contribution in [0.25, 0.3) is 0 Å². The molecule has 0 saturated heterocycles. The number of benzene rings is 2. The first-order valence-electron chi connectivity index (χ1n) is 10.6. The van der Waals surface area contributed by atoms with Gasteiger partial charge in [0.2, 0.25) is 0 Å². The van der Waals surface area contributed by atoms with E-state index in [0.717, 1.165) is 55.3 Å². The molecule has 31 heavy (non-hydrogen) atoms. The van der Waals surface area contributed by atoms with Crippen LogP contribution in [0.1, 0.15) is 39.4 Å². The molecule has 162 valence electrons. The Hall–Kier alpha value is -3.12. The largest absolute Gasteiger partial charge is 0.492 e. The third kappa shape index (κ3) is 5.52. The van der Waals surface area contributed by atoms with E-state index in [2.05, 4.69) is 10.2 Å². The minimum Gasteiger partial charge on any atom is -0.492 e. The minimum absolute atomic E-state index is 0.150. The molecule has 0 unspecified atom stereocenters. The monoisotopic (exact) mass is 422 g/mol. The normalized spacial score (nSPS) is 13.9. The lowest BCUT2D eigenvalue weighted by atomic mass is 10.1. The summed E-state index contributed by atoms with van der Waals surface area (Å²) < 4.78 is 25.3. The highest BCUT2D eigenvalue weighted by Gasteiger charge is 2.17. The van der Waals surface area contributed by atoms with Gasteiger partial charge in [-0.2, -0.15) is 0 Å². The molecule has 1 amide bonds. The summed E-state index contributed by atoms with van der Waals surface area (Å²) in [4.78, 5) is 15.0. The van der Waals surface area contributed by atoms with Crippen LogP contribution in [0.5, 0.6) is 5.75 Å². The van der Waals surface area contributed by atoms with Crippen LogP contribution in [0.2, 0.25) is 0 Å². The molecule has 2 heterocycles. The second-order valence-corrected chi connectivity index (χ2v) is 7.84. The number of hydrogen-bond acceptors (Lipinski definition) is 4. The molecule has 2 aromatic carbocycles. The number of carbonyl (C=O) groups excluding carboxylic acids is 1. The fourth-order valence-electron chi connectivity index (χ4n) is 3.80. The third-order valence-electron chi connectivity index (χ3n) is 5.47. The average molecular weight is 423 g/mol. The van der Waals surface area contributed by atoms with Crippen molar-refractivity contribution in [1.82, 2.24) is 10.2 Å². The van der Waals surface area contributed by atoms with Crippen LogP contribution < -0.4 is 10.1 Å². The zero-order valence-corrected chi connectivity index (χ0v) is 17.7. The van der Waals surface area contributed by atoms with Crippen LogP contribution in [0.4, 0.5) is 4.39 Å². The van der Waals surface area contributed by atoms with Gasteiger partial charge in [-0.3, -0.25) is 9.69 Å². The molecule has 5 nitrogen and oxygen atoms in total. The van der Waals surface area contributed by atoms with Gasteiger partial charge in [0.15, 0.2) is 0 Å². The SMILES string of the molecule is Cc1ccc(CCCN2CCOc3ccc(C(=O)NCc4ccccc4F)cc3C2)o1. The maximum absolute atomic E-state index is 13.8.